The molecule has 0 aliphatic rings. The molecule has 13 heteroatoms. The Labute approximate surface area is 232 Å². The molecule has 0 fully saturated rings. The van der Waals surface area contributed by atoms with Gasteiger partial charge in [-0.15, -0.1) is 0 Å². The summed E-state index contributed by atoms with van der Waals surface area (Å²) in [6.07, 6.45) is 2.61. The molecule has 0 saturated heterocycles. The van der Waals surface area contributed by atoms with Gasteiger partial charge in [-0.2, -0.15) is 18.2 Å². The summed E-state index contributed by atoms with van der Waals surface area (Å²) in [5.41, 5.74) is 0.664. The van der Waals surface area contributed by atoms with Crippen molar-refractivity contribution >= 4 is 17.5 Å². The highest BCUT2D eigenvalue weighted by Crippen LogP contribution is 2.32. The Balaban J connectivity index is 1.42. The first-order valence-corrected chi connectivity index (χ1v) is 12.5. The first-order chi connectivity index (χ1) is 19.6. The summed E-state index contributed by atoms with van der Waals surface area (Å²) in [5.74, 6) is 0.647. The average molecular weight is 563 g/mol. The van der Waals surface area contributed by atoms with Crippen LogP contribution < -0.4 is 10.6 Å². The fraction of sp³-hybridized carbons (Fsp3) is 0.179. The number of anilines is 2. The maximum absolute atomic E-state index is 13.7. The minimum absolute atomic E-state index is 0.161. The number of carbonyl (C=O) groups is 1. The molecule has 0 bridgehead atoms. The molecule has 0 spiro atoms. The standard InChI is InChI=1S/C28H25F3N8O2/c1-17-15-38(16-35-17)23-12-20(10-21(13-23)28(29,30)31)26(41)36-22-5-3-4-19(11-22)25-32-8-9-39(25)24-6-7-33-27(37-24)34-14-18(2)40/h3-13,15-16,18,40H,14H2,1-2H3,(H,36,41)(H,33,34,37). The van der Waals surface area contributed by atoms with Crippen molar-refractivity contribution in [2.45, 2.75) is 26.1 Å². The lowest BCUT2D eigenvalue weighted by Crippen LogP contribution is -2.17. The number of aliphatic hydroxyl groups is 1. The van der Waals surface area contributed by atoms with E-state index in [1.165, 1.54) is 17.0 Å². The third kappa shape index (κ3) is 6.41. The van der Waals surface area contributed by atoms with Gasteiger partial charge in [-0.25, -0.2) is 15.0 Å². The van der Waals surface area contributed by atoms with Crippen LogP contribution in [-0.2, 0) is 6.18 Å². The summed E-state index contributed by atoms with van der Waals surface area (Å²) in [7, 11) is 0. The van der Waals surface area contributed by atoms with E-state index < -0.39 is 23.8 Å². The monoisotopic (exact) mass is 562 g/mol. The zero-order valence-corrected chi connectivity index (χ0v) is 22.0. The summed E-state index contributed by atoms with van der Waals surface area (Å²) >= 11 is 0. The fourth-order valence-electron chi connectivity index (χ4n) is 4.07. The molecule has 0 radical (unpaired) electrons. The SMILES string of the molecule is Cc1cn(-c2cc(C(=O)Nc3cccc(-c4nccn4-c4ccnc(NCC(C)O)n4)c3)cc(C(F)(F)F)c2)cn1. The maximum atomic E-state index is 13.7. The van der Waals surface area contributed by atoms with Crippen LogP contribution in [0.15, 0.2) is 79.6 Å². The van der Waals surface area contributed by atoms with Crippen molar-refractivity contribution in [1.82, 2.24) is 29.1 Å². The molecule has 3 aromatic heterocycles. The fourth-order valence-corrected chi connectivity index (χ4v) is 4.07. The van der Waals surface area contributed by atoms with Crippen molar-refractivity contribution in [3.8, 4) is 22.9 Å². The summed E-state index contributed by atoms with van der Waals surface area (Å²) < 4.78 is 44.1. The van der Waals surface area contributed by atoms with E-state index in [1.54, 1.807) is 73.5 Å². The molecule has 1 unspecified atom stereocenters. The lowest BCUT2D eigenvalue weighted by molar-refractivity contribution is -0.137. The van der Waals surface area contributed by atoms with Crippen LogP contribution in [-0.4, -0.2) is 52.7 Å². The predicted octanol–water partition coefficient (Wildman–Crippen LogP) is 4.89. The molecule has 210 valence electrons. The smallest absolute Gasteiger partial charge is 0.392 e. The number of aryl methyl sites for hydroxylation is 1. The molecule has 10 nitrogen and oxygen atoms in total. The Kier molecular flexibility index (Phi) is 7.53. The van der Waals surface area contributed by atoms with Crippen LogP contribution in [0.1, 0.15) is 28.5 Å². The van der Waals surface area contributed by atoms with Crippen LogP contribution in [0, 0.1) is 6.92 Å². The molecule has 0 aliphatic carbocycles. The molecule has 1 amide bonds. The highest BCUT2D eigenvalue weighted by molar-refractivity contribution is 6.05. The zero-order valence-electron chi connectivity index (χ0n) is 22.0. The van der Waals surface area contributed by atoms with Crippen LogP contribution in [0.25, 0.3) is 22.9 Å². The Morgan fingerprint density at radius 2 is 1.90 bits per heavy atom. The van der Waals surface area contributed by atoms with Gasteiger partial charge in [0.2, 0.25) is 5.95 Å². The summed E-state index contributed by atoms with van der Waals surface area (Å²) in [6.45, 7) is 3.63. The van der Waals surface area contributed by atoms with Crippen molar-refractivity contribution in [3.63, 3.8) is 0 Å². The van der Waals surface area contributed by atoms with Gasteiger partial charge in [-0.1, -0.05) is 12.1 Å². The molecule has 5 aromatic rings. The van der Waals surface area contributed by atoms with Gasteiger partial charge >= 0.3 is 6.18 Å². The highest BCUT2D eigenvalue weighted by atomic mass is 19.4. The van der Waals surface area contributed by atoms with E-state index in [-0.39, 0.29) is 17.8 Å². The number of amides is 1. The normalized spacial score (nSPS) is 12.2. The van der Waals surface area contributed by atoms with E-state index in [1.807, 2.05) is 0 Å². The lowest BCUT2D eigenvalue weighted by atomic mass is 10.1. The Hall–Kier alpha value is -5.04. The van der Waals surface area contributed by atoms with Crippen LogP contribution in [0.5, 0.6) is 0 Å². The number of nitrogens with zero attached hydrogens (tertiary/aromatic N) is 6. The number of rotatable bonds is 8. The molecule has 3 N–H and O–H groups in total. The van der Waals surface area contributed by atoms with E-state index in [0.29, 0.717) is 34.5 Å². The number of alkyl halides is 3. The molecule has 3 heterocycles. The Bertz CT molecular complexity index is 1690. The van der Waals surface area contributed by atoms with Gasteiger partial charge in [0.1, 0.15) is 11.6 Å². The van der Waals surface area contributed by atoms with Crippen LogP contribution in [0.2, 0.25) is 0 Å². The van der Waals surface area contributed by atoms with Crippen molar-refractivity contribution in [3.05, 3.63) is 96.5 Å². The van der Waals surface area contributed by atoms with Crippen LogP contribution in [0.3, 0.4) is 0 Å². The van der Waals surface area contributed by atoms with Gasteiger partial charge in [0.15, 0.2) is 0 Å². The van der Waals surface area contributed by atoms with E-state index >= 15 is 0 Å². The second-order valence-corrected chi connectivity index (χ2v) is 9.31. The lowest BCUT2D eigenvalue weighted by Gasteiger charge is -2.14. The number of nitrogens with one attached hydrogen (secondary N) is 2. The Morgan fingerprint density at radius 1 is 1.07 bits per heavy atom. The average Bonchev–Trinajstić information content (AvgIpc) is 3.61. The second-order valence-electron chi connectivity index (χ2n) is 9.31. The zero-order chi connectivity index (χ0) is 29.1. The van der Waals surface area contributed by atoms with Gasteiger partial charge in [0, 0.05) is 53.8 Å². The first kappa shape index (κ1) is 27.5. The molecular formula is C28H25F3N8O2. The van der Waals surface area contributed by atoms with Gasteiger partial charge in [0.25, 0.3) is 5.91 Å². The van der Waals surface area contributed by atoms with E-state index in [4.69, 9.17) is 0 Å². The number of aromatic nitrogens is 6. The number of aliphatic hydroxyl groups excluding tert-OH is 1. The quantitative estimate of drug-likeness (QED) is 0.246. The number of benzene rings is 2. The highest BCUT2D eigenvalue weighted by Gasteiger charge is 2.32. The summed E-state index contributed by atoms with van der Waals surface area (Å²) in [4.78, 5) is 30.3. The molecule has 41 heavy (non-hydrogen) atoms. The third-order valence-corrected chi connectivity index (χ3v) is 5.98. The largest absolute Gasteiger partial charge is 0.416 e. The van der Waals surface area contributed by atoms with Crippen molar-refractivity contribution in [2.24, 2.45) is 0 Å². The molecule has 0 aliphatic heterocycles. The van der Waals surface area contributed by atoms with E-state index in [9.17, 15) is 23.1 Å². The minimum atomic E-state index is -4.65. The summed E-state index contributed by atoms with van der Waals surface area (Å²) in [6, 6.07) is 11.6. The number of hydrogen-bond donors (Lipinski definition) is 3. The van der Waals surface area contributed by atoms with Crippen molar-refractivity contribution in [2.75, 3.05) is 17.2 Å². The van der Waals surface area contributed by atoms with Gasteiger partial charge in [0.05, 0.1) is 23.7 Å². The first-order valence-electron chi connectivity index (χ1n) is 12.5. The molecular weight excluding hydrogens is 537 g/mol. The molecule has 5 rings (SSSR count). The van der Waals surface area contributed by atoms with Crippen molar-refractivity contribution < 1.29 is 23.1 Å². The van der Waals surface area contributed by atoms with Crippen molar-refractivity contribution in [1.29, 1.82) is 0 Å². The number of carbonyl (C=O) groups excluding carboxylic acids is 1. The van der Waals surface area contributed by atoms with E-state index in [2.05, 4.69) is 30.6 Å². The van der Waals surface area contributed by atoms with Crippen LogP contribution in [0.4, 0.5) is 24.8 Å². The van der Waals surface area contributed by atoms with Gasteiger partial charge < -0.3 is 20.3 Å². The van der Waals surface area contributed by atoms with Gasteiger partial charge in [-0.05, 0) is 50.2 Å². The number of imidazole rings is 2. The number of hydrogen-bond acceptors (Lipinski definition) is 7. The van der Waals surface area contributed by atoms with E-state index in [0.717, 1.165) is 12.1 Å². The molecule has 2 aromatic carbocycles. The summed E-state index contributed by atoms with van der Waals surface area (Å²) in [5, 5.41) is 15.2. The minimum Gasteiger partial charge on any atom is -0.392 e. The molecule has 0 saturated carbocycles. The predicted molar refractivity (Wildman–Crippen MR) is 146 cm³/mol. The molecule has 1 atom stereocenters. The number of halogens is 3. The van der Waals surface area contributed by atoms with Gasteiger partial charge in [-0.3, -0.25) is 9.36 Å². The Morgan fingerprint density at radius 3 is 2.63 bits per heavy atom. The topological polar surface area (TPSA) is 123 Å². The maximum Gasteiger partial charge on any atom is 0.416 e. The second kappa shape index (κ2) is 11.2. The van der Waals surface area contributed by atoms with Crippen LogP contribution >= 0.6 is 0 Å². The third-order valence-electron chi connectivity index (χ3n) is 5.98.